The Morgan fingerprint density at radius 3 is 1.32 bits per heavy atom. The second kappa shape index (κ2) is 7.37. The molecule has 10 heteroatoms. The Hall–Kier alpha value is -3.76. The lowest BCUT2D eigenvalue weighted by atomic mass is 9.95. The molecule has 0 N–H and O–H groups in total. The molecule has 176 valence electrons. The number of nitrogens with zero attached hydrogens (tertiary/aromatic N) is 2. The Kier molecular flexibility index (Phi) is 4.78. The summed E-state index contributed by atoms with van der Waals surface area (Å²) in [5.74, 6) is -0.936. The second-order valence-electron chi connectivity index (χ2n) is 8.44. The minimum absolute atomic E-state index is 0.371. The van der Waals surface area contributed by atoms with Crippen molar-refractivity contribution in [2.45, 2.75) is 37.5 Å². The lowest BCUT2D eigenvalue weighted by molar-refractivity contribution is -0.175. The van der Waals surface area contributed by atoms with Gasteiger partial charge in [-0.25, -0.2) is 0 Å². The van der Waals surface area contributed by atoms with E-state index >= 15 is 0 Å². The highest BCUT2D eigenvalue weighted by Gasteiger charge is 2.81. The number of epoxide rings is 2. The van der Waals surface area contributed by atoms with Crippen molar-refractivity contribution in [2.24, 2.45) is 0 Å². The van der Waals surface area contributed by atoms with Crippen molar-refractivity contribution in [3.8, 4) is 11.5 Å². The highest BCUT2D eigenvalue weighted by molar-refractivity contribution is 6.04. The van der Waals surface area contributed by atoms with Crippen LogP contribution < -0.4 is 9.47 Å². The fraction of sp³-hybridized carbons (Fsp3) is 0.333. The van der Waals surface area contributed by atoms with Gasteiger partial charge in [0, 0.05) is 27.9 Å². The molecule has 0 bridgehead atoms. The third-order valence-corrected chi connectivity index (χ3v) is 6.30. The maximum absolute atomic E-state index is 13.5. The average Bonchev–Trinajstić information content (AvgIpc) is 3.70. The van der Waals surface area contributed by atoms with Crippen LogP contribution in [0.3, 0.4) is 0 Å². The summed E-state index contributed by atoms with van der Waals surface area (Å²) < 4.78 is 21.7. The Morgan fingerprint density at radius 2 is 1.03 bits per heavy atom. The molecule has 2 spiro atoms. The van der Waals surface area contributed by atoms with E-state index in [-0.39, 0.29) is 0 Å². The van der Waals surface area contributed by atoms with Gasteiger partial charge in [-0.3, -0.25) is 19.2 Å². The van der Waals surface area contributed by atoms with E-state index in [2.05, 4.69) is 0 Å². The number of likely N-dealkylation sites (N-methyl/N-ethyl adjacent to an activating group) is 2. The monoisotopic (exact) mass is 466 g/mol. The molecule has 3 aliphatic rings. The summed E-state index contributed by atoms with van der Waals surface area (Å²) in [6.45, 7) is 2.61. The maximum atomic E-state index is 13.5. The van der Waals surface area contributed by atoms with Crippen molar-refractivity contribution >= 4 is 23.8 Å². The van der Waals surface area contributed by atoms with Crippen LogP contribution in [0.5, 0.6) is 11.5 Å². The number of carbonyl (C=O) groups excluding carboxylic acids is 4. The fourth-order valence-corrected chi connectivity index (χ4v) is 4.54. The summed E-state index contributed by atoms with van der Waals surface area (Å²) in [5, 5.41) is 0. The number of amides is 2. The molecule has 34 heavy (non-hydrogen) atoms. The SMILES string of the molecule is CC(=O)Oc1ccc([C@@H]2O[C@]23C(=O)N(C)[C@@]2(O[C@H]2c2ccc(OC(C)=O)cc2)C(=O)N3C)cc1. The van der Waals surface area contributed by atoms with Crippen molar-refractivity contribution < 1.29 is 38.1 Å². The number of carbonyl (C=O) groups is 4. The van der Waals surface area contributed by atoms with Crippen LogP contribution in [0.15, 0.2) is 48.5 Å². The second-order valence-corrected chi connectivity index (χ2v) is 8.44. The molecule has 0 radical (unpaired) electrons. The van der Waals surface area contributed by atoms with E-state index < -0.39 is 47.4 Å². The predicted octanol–water partition coefficient (Wildman–Crippen LogP) is 1.70. The summed E-state index contributed by atoms with van der Waals surface area (Å²) >= 11 is 0. The first-order valence-corrected chi connectivity index (χ1v) is 10.6. The Balaban J connectivity index is 1.36. The summed E-state index contributed by atoms with van der Waals surface area (Å²) in [6, 6.07) is 13.2. The van der Waals surface area contributed by atoms with Crippen molar-refractivity contribution in [2.75, 3.05) is 14.1 Å². The van der Waals surface area contributed by atoms with Gasteiger partial charge in [0.2, 0.25) is 0 Å². The van der Waals surface area contributed by atoms with Gasteiger partial charge in [-0.1, -0.05) is 24.3 Å². The standard InChI is InChI=1S/C24H22N2O8/c1-13(27)31-17-9-5-15(6-10-17)19-23(33-19)21(29)26(4)24(22(30)25(23)3)20(34-24)16-7-11-18(12-8-16)32-14(2)28/h5-12,19-20H,1-4H3/t19-,20-,23-,24-/m0/s1. The highest BCUT2D eigenvalue weighted by Crippen LogP contribution is 2.62. The van der Waals surface area contributed by atoms with Crippen molar-refractivity contribution in [3.63, 3.8) is 0 Å². The molecule has 0 unspecified atom stereocenters. The quantitative estimate of drug-likeness (QED) is 0.380. The number of hydrogen-bond donors (Lipinski definition) is 0. The zero-order valence-corrected chi connectivity index (χ0v) is 18.9. The summed E-state index contributed by atoms with van der Waals surface area (Å²) in [4.78, 5) is 51.8. The topological polar surface area (TPSA) is 118 Å². The molecular weight excluding hydrogens is 444 g/mol. The van der Waals surface area contributed by atoms with Gasteiger partial charge in [-0.2, -0.15) is 0 Å². The molecule has 3 fully saturated rings. The summed E-state index contributed by atoms with van der Waals surface area (Å²) in [5.41, 5.74) is -1.59. The third-order valence-electron chi connectivity index (χ3n) is 6.30. The van der Waals surface area contributed by atoms with Gasteiger partial charge in [0.15, 0.2) is 0 Å². The van der Waals surface area contributed by atoms with Gasteiger partial charge >= 0.3 is 11.9 Å². The van der Waals surface area contributed by atoms with Gasteiger partial charge in [0.25, 0.3) is 23.3 Å². The smallest absolute Gasteiger partial charge is 0.308 e. The minimum Gasteiger partial charge on any atom is -0.427 e. The molecule has 0 aromatic heterocycles. The van der Waals surface area contributed by atoms with Crippen LogP contribution in [0.2, 0.25) is 0 Å². The fourth-order valence-electron chi connectivity index (χ4n) is 4.54. The van der Waals surface area contributed by atoms with Crippen molar-refractivity contribution in [1.29, 1.82) is 0 Å². The predicted molar refractivity (Wildman–Crippen MR) is 114 cm³/mol. The van der Waals surface area contributed by atoms with Crippen LogP contribution in [0.4, 0.5) is 0 Å². The van der Waals surface area contributed by atoms with Crippen LogP contribution >= 0.6 is 0 Å². The maximum Gasteiger partial charge on any atom is 0.308 e. The van der Waals surface area contributed by atoms with Crippen LogP contribution in [0.25, 0.3) is 0 Å². The van der Waals surface area contributed by atoms with Gasteiger partial charge in [0.05, 0.1) is 0 Å². The first-order chi connectivity index (χ1) is 16.1. The van der Waals surface area contributed by atoms with Crippen LogP contribution in [0.1, 0.15) is 37.2 Å². The Bertz CT molecular complexity index is 1110. The molecule has 3 saturated heterocycles. The van der Waals surface area contributed by atoms with E-state index in [1.165, 1.54) is 37.7 Å². The molecule has 0 saturated carbocycles. The van der Waals surface area contributed by atoms with Gasteiger partial charge in [0.1, 0.15) is 23.7 Å². The molecule has 2 amide bonds. The molecular formula is C24H22N2O8. The Morgan fingerprint density at radius 1 is 0.706 bits per heavy atom. The van der Waals surface area contributed by atoms with Crippen LogP contribution in [-0.2, 0) is 28.7 Å². The molecule has 4 atom stereocenters. The Labute approximate surface area is 194 Å². The summed E-state index contributed by atoms with van der Waals surface area (Å²) in [6.07, 6.45) is -1.33. The first-order valence-electron chi connectivity index (χ1n) is 10.6. The van der Waals surface area contributed by atoms with E-state index in [9.17, 15) is 19.2 Å². The molecule has 0 aliphatic carbocycles. The van der Waals surface area contributed by atoms with E-state index in [0.29, 0.717) is 22.6 Å². The molecule has 2 aromatic rings. The average molecular weight is 466 g/mol. The number of piperazine rings is 1. The lowest BCUT2D eigenvalue weighted by Crippen LogP contribution is -2.67. The molecule has 2 aromatic carbocycles. The lowest BCUT2D eigenvalue weighted by Gasteiger charge is -2.39. The largest absolute Gasteiger partial charge is 0.427 e. The van der Waals surface area contributed by atoms with Crippen molar-refractivity contribution in [3.05, 3.63) is 59.7 Å². The van der Waals surface area contributed by atoms with E-state index in [1.807, 2.05) is 0 Å². The molecule has 3 heterocycles. The van der Waals surface area contributed by atoms with Gasteiger partial charge in [-0.15, -0.1) is 0 Å². The van der Waals surface area contributed by atoms with Crippen LogP contribution in [-0.4, -0.2) is 59.1 Å². The van der Waals surface area contributed by atoms with E-state index in [0.717, 1.165) is 0 Å². The van der Waals surface area contributed by atoms with E-state index in [1.54, 1.807) is 48.5 Å². The normalized spacial score (nSPS) is 29.4. The van der Waals surface area contributed by atoms with Crippen LogP contribution in [0, 0.1) is 0 Å². The third kappa shape index (κ3) is 3.10. The van der Waals surface area contributed by atoms with Gasteiger partial charge < -0.3 is 28.7 Å². The van der Waals surface area contributed by atoms with Crippen molar-refractivity contribution in [1.82, 2.24) is 9.80 Å². The molecule has 5 rings (SSSR count). The molecule has 3 aliphatic heterocycles. The number of rotatable bonds is 4. The number of ether oxygens (including phenoxy) is 4. The number of hydrogen-bond acceptors (Lipinski definition) is 8. The zero-order valence-electron chi connectivity index (χ0n) is 18.9. The minimum atomic E-state index is -1.46. The molecule has 10 nitrogen and oxygen atoms in total. The van der Waals surface area contributed by atoms with Gasteiger partial charge in [-0.05, 0) is 35.4 Å². The first kappa shape index (κ1) is 22.1. The number of benzene rings is 2. The highest BCUT2D eigenvalue weighted by atomic mass is 16.7. The summed E-state index contributed by atoms with van der Waals surface area (Å²) in [7, 11) is 3.04. The zero-order chi connectivity index (χ0) is 24.4. The van der Waals surface area contributed by atoms with E-state index in [4.69, 9.17) is 18.9 Å². The number of esters is 2.